The summed E-state index contributed by atoms with van der Waals surface area (Å²) < 4.78 is 18.3. The maximum atomic E-state index is 13.0. The van der Waals surface area contributed by atoms with Crippen LogP contribution in [0.15, 0.2) is 48.5 Å². The highest BCUT2D eigenvalue weighted by Crippen LogP contribution is 2.21. The number of rotatable bonds is 7. The van der Waals surface area contributed by atoms with Crippen LogP contribution in [0.1, 0.15) is 17.5 Å². The molecule has 1 atom stereocenters. The minimum absolute atomic E-state index is 0.0517. The topological polar surface area (TPSA) is 58.6 Å². The smallest absolute Gasteiger partial charge is 0.225 e. The summed E-state index contributed by atoms with van der Waals surface area (Å²) in [6.45, 7) is 1.27. The lowest BCUT2D eigenvalue weighted by Gasteiger charge is -2.17. The van der Waals surface area contributed by atoms with Crippen molar-refractivity contribution in [2.45, 2.75) is 19.4 Å². The fourth-order valence-corrected chi connectivity index (χ4v) is 3.29. The Morgan fingerprint density at radius 3 is 2.70 bits per heavy atom. The minimum Gasteiger partial charge on any atom is -0.496 e. The van der Waals surface area contributed by atoms with E-state index < -0.39 is 0 Å². The first kappa shape index (κ1) is 18.9. The van der Waals surface area contributed by atoms with Gasteiger partial charge in [0, 0.05) is 26.1 Å². The number of amides is 2. The minimum atomic E-state index is -0.351. The molecule has 0 aliphatic carbocycles. The number of carbonyl (C=O) groups excluding carboxylic acids is 2. The molecule has 0 spiro atoms. The van der Waals surface area contributed by atoms with E-state index in [1.54, 1.807) is 24.1 Å². The fraction of sp³-hybridized carbons (Fsp3) is 0.333. The maximum absolute atomic E-state index is 13.0. The number of halogens is 1. The molecule has 142 valence electrons. The van der Waals surface area contributed by atoms with E-state index in [2.05, 4.69) is 5.32 Å². The predicted octanol–water partition coefficient (Wildman–Crippen LogP) is 2.54. The molecule has 0 aromatic heterocycles. The van der Waals surface area contributed by atoms with Crippen LogP contribution in [0.4, 0.5) is 4.39 Å². The quantitative estimate of drug-likeness (QED) is 0.815. The third-order valence-electron chi connectivity index (χ3n) is 4.76. The zero-order valence-electron chi connectivity index (χ0n) is 15.3. The van der Waals surface area contributed by atoms with Crippen LogP contribution in [0, 0.1) is 11.7 Å². The van der Waals surface area contributed by atoms with Crippen LogP contribution in [0.3, 0.4) is 0 Å². The molecule has 2 amide bonds. The highest BCUT2D eigenvalue weighted by atomic mass is 19.1. The Hall–Kier alpha value is -2.89. The van der Waals surface area contributed by atoms with Crippen LogP contribution < -0.4 is 10.1 Å². The number of ether oxygens (including phenoxy) is 1. The Balaban J connectivity index is 1.49. The van der Waals surface area contributed by atoms with Gasteiger partial charge in [0.1, 0.15) is 11.6 Å². The summed E-state index contributed by atoms with van der Waals surface area (Å²) in [6.07, 6.45) is 0.872. The van der Waals surface area contributed by atoms with Crippen molar-refractivity contribution in [2.75, 3.05) is 20.2 Å². The molecule has 6 heteroatoms. The Morgan fingerprint density at radius 2 is 1.96 bits per heavy atom. The molecule has 1 unspecified atom stereocenters. The van der Waals surface area contributed by atoms with Gasteiger partial charge >= 0.3 is 0 Å². The Labute approximate surface area is 158 Å². The van der Waals surface area contributed by atoms with E-state index in [9.17, 15) is 14.0 Å². The number of nitrogens with one attached hydrogen (secondary N) is 1. The lowest BCUT2D eigenvalue weighted by molar-refractivity contribution is -0.129. The van der Waals surface area contributed by atoms with Gasteiger partial charge in [-0.2, -0.15) is 0 Å². The van der Waals surface area contributed by atoms with Crippen molar-refractivity contribution in [3.63, 3.8) is 0 Å². The zero-order valence-corrected chi connectivity index (χ0v) is 15.3. The summed E-state index contributed by atoms with van der Waals surface area (Å²) in [5.41, 5.74) is 1.88. The monoisotopic (exact) mass is 370 g/mol. The van der Waals surface area contributed by atoms with E-state index in [-0.39, 0.29) is 30.0 Å². The molecule has 5 nitrogen and oxygen atoms in total. The van der Waals surface area contributed by atoms with Gasteiger partial charge in [-0.05, 0) is 35.7 Å². The molecule has 1 N–H and O–H groups in total. The zero-order chi connectivity index (χ0) is 19.2. The molecule has 2 aromatic carbocycles. The standard InChI is InChI=1S/C21H23FN2O3/c1-27-19-5-3-2-4-16(19)10-11-23-21(26)17-12-20(25)24(14-17)13-15-6-8-18(22)9-7-15/h2-9,17H,10-14H2,1H3,(H,23,26). The number of hydrogen-bond acceptors (Lipinski definition) is 3. The number of methoxy groups -OCH3 is 1. The lowest BCUT2D eigenvalue weighted by atomic mass is 10.1. The Kier molecular flexibility index (Phi) is 6.06. The Morgan fingerprint density at radius 1 is 1.22 bits per heavy atom. The molecular formula is C21H23FN2O3. The van der Waals surface area contributed by atoms with Crippen LogP contribution in [0.5, 0.6) is 5.75 Å². The van der Waals surface area contributed by atoms with Gasteiger partial charge in [-0.15, -0.1) is 0 Å². The number of hydrogen-bond donors (Lipinski definition) is 1. The van der Waals surface area contributed by atoms with Crippen LogP contribution in [0.2, 0.25) is 0 Å². The van der Waals surface area contributed by atoms with E-state index in [1.807, 2.05) is 24.3 Å². The van der Waals surface area contributed by atoms with Gasteiger partial charge in [-0.3, -0.25) is 9.59 Å². The summed E-state index contributed by atoms with van der Waals surface area (Å²) in [5.74, 6) is -0.0215. The van der Waals surface area contributed by atoms with Crippen LogP contribution >= 0.6 is 0 Å². The molecule has 1 aliphatic rings. The van der Waals surface area contributed by atoms with Crippen LogP contribution in [-0.4, -0.2) is 36.9 Å². The predicted molar refractivity (Wildman–Crippen MR) is 99.6 cm³/mol. The molecule has 0 bridgehead atoms. The highest BCUT2D eigenvalue weighted by molar-refractivity contribution is 5.89. The lowest BCUT2D eigenvalue weighted by Crippen LogP contribution is -2.34. The third kappa shape index (κ3) is 4.84. The second kappa shape index (κ2) is 8.66. The summed E-state index contributed by atoms with van der Waals surface area (Å²) >= 11 is 0. The van der Waals surface area contributed by atoms with Crippen molar-refractivity contribution in [1.82, 2.24) is 10.2 Å². The fourth-order valence-electron chi connectivity index (χ4n) is 3.29. The first-order valence-corrected chi connectivity index (χ1v) is 8.98. The summed E-state index contributed by atoms with van der Waals surface area (Å²) in [7, 11) is 1.62. The molecule has 3 rings (SSSR count). The van der Waals surface area contributed by atoms with Crippen molar-refractivity contribution < 1.29 is 18.7 Å². The largest absolute Gasteiger partial charge is 0.496 e. The average Bonchev–Trinajstić information content (AvgIpc) is 3.04. The number of carbonyl (C=O) groups is 2. The molecule has 1 heterocycles. The molecule has 1 saturated heterocycles. The van der Waals surface area contributed by atoms with E-state index in [4.69, 9.17) is 4.74 Å². The first-order chi connectivity index (χ1) is 13.1. The van der Waals surface area contributed by atoms with Gasteiger partial charge in [0.15, 0.2) is 0 Å². The summed E-state index contributed by atoms with van der Waals surface area (Å²) in [4.78, 5) is 26.3. The maximum Gasteiger partial charge on any atom is 0.225 e. The molecule has 0 radical (unpaired) electrons. The van der Waals surface area contributed by atoms with E-state index in [0.29, 0.717) is 26.1 Å². The number of benzene rings is 2. The summed E-state index contributed by atoms with van der Waals surface area (Å²) in [5, 5.41) is 2.91. The molecule has 27 heavy (non-hydrogen) atoms. The normalized spacial score (nSPS) is 16.4. The molecule has 2 aromatic rings. The highest BCUT2D eigenvalue weighted by Gasteiger charge is 2.34. The number of para-hydroxylation sites is 1. The summed E-state index contributed by atoms with van der Waals surface area (Å²) in [6, 6.07) is 13.8. The van der Waals surface area contributed by atoms with Gasteiger partial charge in [0.25, 0.3) is 0 Å². The van der Waals surface area contributed by atoms with E-state index in [0.717, 1.165) is 16.9 Å². The van der Waals surface area contributed by atoms with Crippen LogP contribution in [-0.2, 0) is 22.6 Å². The van der Waals surface area contributed by atoms with E-state index >= 15 is 0 Å². The van der Waals surface area contributed by atoms with Crippen molar-refractivity contribution in [3.8, 4) is 5.75 Å². The first-order valence-electron chi connectivity index (χ1n) is 8.98. The third-order valence-corrected chi connectivity index (χ3v) is 4.76. The van der Waals surface area contributed by atoms with Crippen molar-refractivity contribution in [2.24, 2.45) is 5.92 Å². The number of likely N-dealkylation sites (tertiary alicyclic amines) is 1. The van der Waals surface area contributed by atoms with Crippen molar-refractivity contribution >= 4 is 11.8 Å². The second-order valence-electron chi connectivity index (χ2n) is 6.65. The Bertz CT molecular complexity index is 807. The molecule has 0 saturated carbocycles. The van der Waals surface area contributed by atoms with Crippen molar-refractivity contribution in [1.29, 1.82) is 0 Å². The van der Waals surface area contributed by atoms with Gasteiger partial charge in [-0.25, -0.2) is 4.39 Å². The van der Waals surface area contributed by atoms with Gasteiger partial charge in [0.2, 0.25) is 11.8 Å². The SMILES string of the molecule is COc1ccccc1CCNC(=O)C1CC(=O)N(Cc2ccc(F)cc2)C1. The van der Waals surface area contributed by atoms with Gasteiger partial charge in [0.05, 0.1) is 13.0 Å². The molecule has 1 aliphatic heterocycles. The molecule has 1 fully saturated rings. The second-order valence-corrected chi connectivity index (χ2v) is 6.65. The molecular weight excluding hydrogens is 347 g/mol. The van der Waals surface area contributed by atoms with Gasteiger partial charge in [-0.1, -0.05) is 30.3 Å². The van der Waals surface area contributed by atoms with Crippen LogP contribution in [0.25, 0.3) is 0 Å². The average molecular weight is 370 g/mol. The number of nitrogens with zero attached hydrogens (tertiary/aromatic N) is 1. The van der Waals surface area contributed by atoms with Gasteiger partial charge < -0.3 is 15.0 Å². The van der Waals surface area contributed by atoms with E-state index in [1.165, 1.54) is 12.1 Å². The van der Waals surface area contributed by atoms with Crippen molar-refractivity contribution in [3.05, 3.63) is 65.5 Å².